The van der Waals surface area contributed by atoms with E-state index < -0.39 is 40.2 Å². The van der Waals surface area contributed by atoms with Crippen LogP contribution in [0.4, 0.5) is 10.1 Å². The Labute approximate surface area is 200 Å². The van der Waals surface area contributed by atoms with Crippen molar-refractivity contribution in [2.75, 3.05) is 24.2 Å². The van der Waals surface area contributed by atoms with Gasteiger partial charge in [0.15, 0.2) is 0 Å². The highest BCUT2D eigenvalue weighted by Gasteiger charge is 2.31. The van der Waals surface area contributed by atoms with Gasteiger partial charge in [-0.2, -0.15) is 0 Å². The molecule has 2 rings (SSSR count). The standard InChI is InChI=1S/C24H32FN3O5S/c1-16(2)26-24(30)18(4)27(14-19-9-7-8-10-20(19)25)23(29)15-28(34(6,31)32)21-13-17(3)11-12-22(21)33-5/h7-13,16,18H,14-15H2,1-6H3,(H,26,30). The van der Waals surface area contributed by atoms with Gasteiger partial charge in [0.05, 0.1) is 19.1 Å². The SMILES string of the molecule is COc1ccc(C)cc1N(CC(=O)N(Cc1ccccc1F)C(C)C(=O)NC(C)C)S(C)(=O)=O. The van der Waals surface area contributed by atoms with E-state index in [1.807, 2.05) is 0 Å². The van der Waals surface area contributed by atoms with Gasteiger partial charge in [-0.3, -0.25) is 13.9 Å². The molecule has 0 fully saturated rings. The molecule has 0 saturated heterocycles. The molecule has 2 aromatic rings. The third-order valence-corrected chi connectivity index (χ3v) is 6.31. The molecule has 34 heavy (non-hydrogen) atoms. The minimum Gasteiger partial charge on any atom is -0.495 e. The van der Waals surface area contributed by atoms with Gasteiger partial charge in [0.25, 0.3) is 0 Å². The Hall–Kier alpha value is -3.14. The number of anilines is 1. The summed E-state index contributed by atoms with van der Waals surface area (Å²) in [6.45, 7) is 6.07. The first-order valence-electron chi connectivity index (χ1n) is 10.8. The number of benzene rings is 2. The van der Waals surface area contributed by atoms with E-state index in [9.17, 15) is 22.4 Å². The fraction of sp³-hybridized carbons (Fsp3) is 0.417. The van der Waals surface area contributed by atoms with Gasteiger partial charge in [0.2, 0.25) is 21.8 Å². The summed E-state index contributed by atoms with van der Waals surface area (Å²) in [5.41, 5.74) is 1.17. The predicted molar refractivity (Wildman–Crippen MR) is 130 cm³/mol. The van der Waals surface area contributed by atoms with Crippen LogP contribution in [-0.2, 0) is 26.2 Å². The second kappa shape index (κ2) is 11.3. The minimum absolute atomic E-state index is 0.176. The lowest BCUT2D eigenvalue weighted by atomic mass is 10.1. The van der Waals surface area contributed by atoms with E-state index in [0.29, 0.717) is 0 Å². The van der Waals surface area contributed by atoms with Crippen LogP contribution < -0.4 is 14.4 Å². The third kappa shape index (κ3) is 6.93. The van der Waals surface area contributed by atoms with Crippen LogP contribution in [0.15, 0.2) is 42.5 Å². The Morgan fingerprint density at radius 2 is 1.76 bits per heavy atom. The molecule has 186 valence electrons. The number of hydrogen-bond acceptors (Lipinski definition) is 5. The maximum Gasteiger partial charge on any atom is 0.244 e. The monoisotopic (exact) mass is 493 g/mol. The minimum atomic E-state index is -3.91. The summed E-state index contributed by atoms with van der Waals surface area (Å²) in [5, 5.41) is 2.74. The first-order valence-corrected chi connectivity index (χ1v) is 12.7. The summed E-state index contributed by atoms with van der Waals surface area (Å²) in [5.74, 6) is -1.35. The number of methoxy groups -OCH3 is 1. The zero-order valence-corrected chi connectivity index (χ0v) is 21.1. The van der Waals surface area contributed by atoms with Crippen molar-refractivity contribution in [3.8, 4) is 5.75 Å². The molecule has 0 radical (unpaired) electrons. The molecule has 1 N–H and O–H groups in total. The van der Waals surface area contributed by atoms with Crippen molar-refractivity contribution in [2.24, 2.45) is 0 Å². The maximum atomic E-state index is 14.4. The maximum absolute atomic E-state index is 14.4. The molecule has 10 heteroatoms. The Bertz CT molecular complexity index is 1140. The summed E-state index contributed by atoms with van der Waals surface area (Å²) in [4.78, 5) is 27.4. The van der Waals surface area contributed by atoms with Gasteiger partial charge in [-0.25, -0.2) is 12.8 Å². The summed E-state index contributed by atoms with van der Waals surface area (Å²) in [7, 11) is -2.51. The molecular formula is C24H32FN3O5S. The molecule has 0 aromatic heterocycles. The van der Waals surface area contributed by atoms with E-state index in [-0.39, 0.29) is 29.6 Å². The normalized spacial score (nSPS) is 12.2. The van der Waals surface area contributed by atoms with Crippen LogP contribution in [0.5, 0.6) is 5.75 Å². The number of rotatable bonds is 10. The number of carbonyl (C=O) groups is 2. The van der Waals surface area contributed by atoms with Crippen molar-refractivity contribution in [3.05, 3.63) is 59.4 Å². The zero-order valence-electron chi connectivity index (χ0n) is 20.3. The number of nitrogens with one attached hydrogen (secondary N) is 1. The molecule has 8 nitrogen and oxygen atoms in total. The molecule has 0 saturated carbocycles. The molecule has 0 spiro atoms. The summed E-state index contributed by atoms with van der Waals surface area (Å²) in [6, 6.07) is 9.74. The fourth-order valence-electron chi connectivity index (χ4n) is 3.39. The van der Waals surface area contributed by atoms with Crippen molar-refractivity contribution < 1.29 is 27.1 Å². The van der Waals surface area contributed by atoms with Crippen molar-refractivity contribution >= 4 is 27.5 Å². The lowest BCUT2D eigenvalue weighted by Gasteiger charge is -2.32. The molecule has 0 heterocycles. The summed E-state index contributed by atoms with van der Waals surface area (Å²) >= 11 is 0. The Balaban J connectivity index is 2.48. The van der Waals surface area contributed by atoms with E-state index in [1.54, 1.807) is 45.0 Å². The number of halogens is 1. The zero-order chi connectivity index (χ0) is 25.6. The Morgan fingerprint density at radius 3 is 2.32 bits per heavy atom. The second-order valence-corrected chi connectivity index (χ2v) is 10.3. The molecule has 2 amide bonds. The first kappa shape index (κ1) is 27.1. The quantitative estimate of drug-likeness (QED) is 0.549. The van der Waals surface area contributed by atoms with Crippen LogP contribution in [0.1, 0.15) is 31.9 Å². The van der Waals surface area contributed by atoms with Gasteiger partial charge >= 0.3 is 0 Å². The highest BCUT2D eigenvalue weighted by molar-refractivity contribution is 7.92. The molecule has 0 aliphatic heterocycles. The van der Waals surface area contributed by atoms with E-state index in [2.05, 4.69) is 5.32 Å². The number of ether oxygens (including phenoxy) is 1. The predicted octanol–water partition coefficient (Wildman–Crippen LogP) is 2.85. The smallest absolute Gasteiger partial charge is 0.244 e. The Kier molecular flexibility index (Phi) is 9.03. The van der Waals surface area contributed by atoms with Gasteiger partial charge in [-0.1, -0.05) is 24.3 Å². The second-order valence-electron chi connectivity index (χ2n) is 8.40. The fourth-order valence-corrected chi connectivity index (χ4v) is 4.23. The van der Waals surface area contributed by atoms with Crippen molar-refractivity contribution in [2.45, 2.75) is 46.3 Å². The highest BCUT2D eigenvalue weighted by atomic mass is 32.2. The number of hydrogen-bond donors (Lipinski definition) is 1. The van der Waals surface area contributed by atoms with Gasteiger partial charge in [0.1, 0.15) is 24.2 Å². The Morgan fingerprint density at radius 1 is 1.12 bits per heavy atom. The molecule has 0 bridgehead atoms. The molecule has 1 atom stereocenters. The van der Waals surface area contributed by atoms with E-state index >= 15 is 0 Å². The van der Waals surface area contributed by atoms with E-state index in [1.165, 1.54) is 37.1 Å². The third-order valence-electron chi connectivity index (χ3n) is 5.18. The lowest BCUT2D eigenvalue weighted by molar-refractivity contribution is -0.139. The van der Waals surface area contributed by atoms with E-state index in [0.717, 1.165) is 16.1 Å². The number of carbonyl (C=O) groups excluding carboxylic acids is 2. The lowest BCUT2D eigenvalue weighted by Crippen LogP contribution is -2.52. The van der Waals surface area contributed by atoms with Crippen LogP contribution in [0.3, 0.4) is 0 Å². The van der Waals surface area contributed by atoms with Crippen LogP contribution in [0, 0.1) is 12.7 Å². The molecule has 0 aliphatic carbocycles. The number of nitrogens with zero attached hydrogens (tertiary/aromatic N) is 2. The average molecular weight is 494 g/mol. The molecule has 1 unspecified atom stereocenters. The first-order chi connectivity index (χ1) is 15.8. The average Bonchev–Trinajstić information content (AvgIpc) is 2.75. The van der Waals surface area contributed by atoms with Crippen LogP contribution in [0.2, 0.25) is 0 Å². The summed E-state index contributed by atoms with van der Waals surface area (Å²) in [6.07, 6.45) is 0.984. The molecule has 2 aromatic carbocycles. The highest BCUT2D eigenvalue weighted by Crippen LogP contribution is 2.31. The summed E-state index contributed by atoms with van der Waals surface area (Å²) < 4.78 is 46.0. The molecule has 0 aliphatic rings. The van der Waals surface area contributed by atoms with Gasteiger partial charge in [-0.05, 0) is 51.5 Å². The van der Waals surface area contributed by atoms with Crippen LogP contribution >= 0.6 is 0 Å². The number of sulfonamides is 1. The topological polar surface area (TPSA) is 96.0 Å². The van der Waals surface area contributed by atoms with Crippen LogP contribution in [-0.4, -0.2) is 57.1 Å². The van der Waals surface area contributed by atoms with Crippen molar-refractivity contribution in [1.29, 1.82) is 0 Å². The number of amides is 2. The van der Waals surface area contributed by atoms with Gasteiger partial charge in [-0.15, -0.1) is 0 Å². The molecular weight excluding hydrogens is 461 g/mol. The number of aryl methyl sites for hydroxylation is 1. The van der Waals surface area contributed by atoms with Crippen LogP contribution in [0.25, 0.3) is 0 Å². The van der Waals surface area contributed by atoms with Gasteiger partial charge < -0.3 is 15.0 Å². The largest absolute Gasteiger partial charge is 0.495 e. The van der Waals surface area contributed by atoms with Gasteiger partial charge in [0, 0.05) is 18.2 Å². The van der Waals surface area contributed by atoms with E-state index in [4.69, 9.17) is 4.74 Å². The van der Waals surface area contributed by atoms with Crippen molar-refractivity contribution in [3.63, 3.8) is 0 Å². The van der Waals surface area contributed by atoms with Crippen molar-refractivity contribution in [1.82, 2.24) is 10.2 Å².